The molecule has 24 heavy (non-hydrogen) atoms. The van der Waals surface area contributed by atoms with Crippen molar-refractivity contribution >= 4 is 17.2 Å². The third kappa shape index (κ3) is 4.55. The lowest BCUT2D eigenvalue weighted by atomic mass is 10.1. The molecule has 0 aliphatic rings. The Labute approximate surface area is 138 Å². The highest BCUT2D eigenvalue weighted by atomic mass is 19.1. The summed E-state index contributed by atoms with van der Waals surface area (Å²) in [4.78, 5) is 12.1. The zero-order valence-corrected chi connectivity index (χ0v) is 13.3. The smallest absolute Gasteiger partial charge is 0.340 e. The van der Waals surface area contributed by atoms with Crippen LogP contribution in [0.4, 0.5) is 14.5 Å². The summed E-state index contributed by atoms with van der Waals surface area (Å²) in [6, 6.07) is 9.79. The van der Waals surface area contributed by atoms with Crippen molar-refractivity contribution in [3.63, 3.8) is 0 Å². The number of ether oxygens (including phenoxy) is 2. The SMILES string of the molecule is CCOC(=O)/C(=C/Nc1cc(F)cc(F)c1)c1ccc(OC)cc1. The average Bonchev–Trinajstić information content (AvgIpc) is 2.55. The second kappa shape index (κ2) is 8.10. The Balaban J connectivity index is 2.32. The van der Waals surface area contributed by atoms with Gasteiger partial charge in [0.05, 0.1) is 19.3 Å². The van der Waals surface area contributed by atoms with Crippen molar-refractivity contribution in [2.24, 2.45) is 0 Å². The molecular weight excluding hydrogens is 316 g/mol. The number of anilines is 1. The van der Waals surface area contributed by atoms with Gasteiger partial charge in [-0.05, 0) is 36.8 Å². The molecule has 0 aromatic heterocycles. The van der Waals surface area contributed by atoms with E-state index in [1.807, 2.05) is 0 Å². The molecule has 0 amide bonds. The fraction of sp³-hybridized carbons (Fsp3) is 0.167. The molecule has 126 valence electrons. The normalized spacial score (nSPS) is 11.1. The second-order valence-corrected chi connectivity index (χ2v) is 4.81. The summed E-state index contributed by atoms with van der Waals surface area (Å²) < 4.78 is 36.6. The molecule has 4 nitrogen and oxygen atoms in total. The molecule has 2 aromatic rings. The minimum atomic E-state index is -0.715. The molecule has 0 saturated carbocycles. The molecule has 2 rings (SSSR count). The maximum atomic E-state index is 13.2. The molecule has 0 heterocycles. The Bertz CT molecular complexity index is 722. The zero-order chi connectivity index (χ0) is 17.5. The van der Waals surface area contributed by atoms with Crippen LogP contribution in [0.25, 0.3) is 5.57 Å². The molecule has 0 radical (unpaired) electrons. The summed E-state index contributed by atoms with van der Waals surface area (Å²) in [6.45, 7) is 1.90. The number of carbonyl (C=O) groups excluding carboxylic acids is 1. The quantitative estimate of drug-likeness (QED) is 0.641. The Morgan fingerprint density at radius 1 is 1.12 bits per heavy atom. The van der Waals surface area contributed by atoms with Gasteiger partial charge in [-0.25, -0.2) is 13.6 Å². The number of rotatable bonds is 6. The van der Waals surface area contributed by atoms with Crippen molar-refractivity contribution in [3.8, 4) is 5.75 Å². The summed E-state index contributed by atoms with van der Waals surface area (Å²) in [7, 11) is 1.54. The Kier molecular flexibility index (Phi) is 5.89. The zero-order valence-electron chi connectivity index (χ0n) is 13.3. The highest BCUT2D eigenvalue weighted by molar-refractivity contribution is 6.16. The minimum absolute atomic E-state index is 0.183. The van der Waals surface area contributed by atoms with Gasteiger partial charge in [-0.1, -0.05) is 12.1 Å². The van der Waals surface area contributed by atoms with Crippen molar-refractivity contribution in [1.82, 2.24) is 0 Å². The average molecular weight is 333 g/mol. The van der Waals surface area contributed by atoms with Gasteiger partial charge in [0.1, 0.15) is 17.4 Å². The first kappa shape index (κ1) is 17.5. The summed E-state index contributed by atoms with van der Waals surface area (Å²) in [5.74, 6) is -1.34. The first-order valence-corrected chi connectivity index (χ1v) is 7.28. The number of hydrogen-bond acceptors (Lipinski definition) is 4. The van der Waals surface area contributed by atoms with E-state index >= 15 is 0 Å². The Morgan fingerprint density at radius 3 is 2.29 bits per heavy atom. The molecule has 0 unspecified atom stereocenters. The monoisotopic (exact) mass is 333 g/mol. The largest absolute Gasteiger partial charge is 0.497 e. The van der Waals surface area contributed by atoms with Gasteiger partial charge in [0, 0.05) is 18.0 Å². The minimum Gasteiger partial charge on any atom is -0.497 e. The number of hydrogen-bond donors (Lipinski definition) is 1. The molecule has 1 N–H and O–H groups in total. The summed E-state index contributed by atoms with van der Waals surface area (Å²) in [5, 5.41) is 2.72. The van der Waals surface area contributed by atoms with Gasteiger partial charge in [-0.3, -0.25) is 0 Å². The van der Waals surface area contributed by atoms with Crippen molar-refractivity contribution < 1.29 is 23.0 Å². The molecule has 2 aromatic carbocycles. The van der Waals surface area contributed by atoms with Gasteiger partial charge in [0.15, 0.2) is 0 Å². The van der Waals surface area contributed by atoms with E-state index in [9.17, 15) is 13.6 Å². The lowest BCUT2D eigenvalue weighted by Crippen LogP contribution is -2.08. The van der Waals surface area contributed by atoms with Crippen molar-refractivity contribution in [2.45, 2.75) is 6.92 Å². The van der Waals surface area contributed by atoms with E-state index in [-0.39, 0.29) is 17.9 Å². The Hall–Kier alpha value is -2.89. The summed E-state index contributed by atoms with van der Waals surface area (Å²) >= 11 is 0. The fourth-order valence-electron chi connectivity index (χ4n) is 2.03. The van der Waals surface area contributed by atoms with Gasteiger partial charge in [0.2, 0.25) is 0 Å². The van der Waals surface area contributed by atoms with E-state index in [2.05, 4.69) is 5.32 Å². The molecule has 0 fully saturated rings. The van der Waals surface area contributed by atoms with E-state index in [4.69, 9.17) is 9.47 Å². The van der Waals surface area contributed by atoms with Gasteiger partial charge in [0.25, 0.3) is 0 Å². The summed E-state index contributed by atoms with van der Waals surface area (Å²) in [5.41, 5.74) is 0.991. The van der Waals surface area contributed by atoms with E-state index < -0.39 is 17.6 Å². The molecule has 0 saturated heterocycles. The Morgan fingerprint density at radius 2 is 1.75 bits per heavy atom. The van der Waals surface area contributed by atoms with Gasteiger partial charge >= 0.3 is 5.97 Å². The third-order valence-electron chi connectivity index (χ3n) is 3.14. The van der Waals surface area contributed by atoms with Crippen molar-refractivity contribution in [2.75, 3.05) is 19.0 Å². The van der Waals surface area contributed by atoms with E-state index in [1.54, 1.807) is 31.2 Å². The van der Waals surface area contributed by atoms with Crippen LogP contribution in [0, 0.1) is 11.6 Å². The number of halogens is 2. The van der Waals surface area contributed by atoms with Crippen molar-refractivity contribution in [3.05, 3.63) is 65.9 Å². The summed E-state index contributed by atoms with van der Waals surface area (Å²) in [6.07, 6.45) is 1.36. The predicted octanol–water partition coefficient (Wildman–Crippen LogP) is 3.99. The molecule has 6 heteroatoms. The highest BCUT2D eigenvalue weighted by Crippen LogP contribution is 2.21. The number of benzene rings is 2. The van der Waals surface area contributed by atoms with Crippen LogP contribution in [0.3, 0.4) is 0 Å². The maximum absolute atomic E-state index is 13.2. The number of esters is 1. The lowest BCUT2D eigenvalue weighted by Gasteiger charge is -2.09. The third-order valence-corrected chi connectivity index (χ3v) is 3.14. The van der Waals surface area contributed by atoms with Crippen LogP contribution in [0.2, 0.25) is 0 Å². The van der Waals surface area contributed by atoms with Crippen LogP contribution in [0.1, 0.15) is 12.5 Å². The molecule has 0 aliphatic carbocycles. The van der Waals surface area contributed by atoms with E-state index in [0.717, 1.165) is 18.2 Å². The van der Waals surface area contributed by atoms with Crippen LogP contribution < -0.4 is 10.1 Å². The van der Waals surface area contributed by atoms with Gasteiger partial charge < -0.3 is 14.8 Å². The first-order chi connectivity index (χ1) is 11.5. The molecule has 0 aliphatic heterocycles. The molecular formula is C18H17F2NO3. The van der Waals surface area contributed by atoms with Crippen LogP contribution >= 0.6 is 0 Å². The first-order valence-electron chi connectivity index (χ1n) is 7.28. The van der Waals surface area contributed by atoms with Gasteiger partial charge in [-0.15, -0.1) is 0 Å². The van der Waals surface area contributed by atoms with Crippen LogP contribution in [-0.4, -0.2) is 19.7 Å². The maximum Gasteiger partial charge on any atom is 0.340 e. The molecule has 0 atom stereocenters. The standard InChI is InChI=1S/C18H17F2NO3/c1-3-24-18(22)17(12-4-6-16(23-2)7-5-12)11-21-15-9-13(19)8-14(20)10-15/h4-11,21H,3H2,1-2H3/b17-11+. The fourth-order valence-corrected chi connectivity index (χ4v) is 2.03. The van der Waals surface area contributed by atoms with E-state index in [1.165, 1.54) is 13.3 Å². The lowest BCUT2D eigenvalue weighted by molar-refractivity contribution is -0.136. The number of carbonyl (C=O) groups is 1. The van der Waals surface area contributed by atoms with Crippen LogP contribution in [-0.2, 0) is 9.53 Å². The second-order valence-electron chi connectivity index (χ2n) is 4.81. The number of nitrogens with one attached hydrogen (secondary N) is 1. The molecule has 0 bridgehead atoms. The van der Waals surface area contributed by atoms with Crippen molar-refractivity contribution in [1.29, 1.82) is 0 Å². The molecule has 0 spiro atoms. The van der Waals surface area contributed by atoms with Crippen LogP contribution in [0.5, 0.6) is 5.75 Å². The van der Waals surface area contributed by atoms with E-state index in [0.29, 0.717) is 11.3 Å². The van der Waals surface area contributed by atoms with Crippen LogP contribution in [0.15, 0.2) is 48.7 Å². The topological polar surface area (TPSA) is 47.6 Å². The highest BCUT2D eigenvalue weighted by Gasteiger charge is 2.13. The van der Waals surface area contributed by atoms with Gasteiger partial charge in [-0.2, -0.15) is 0 Å². The predicted molar refractivity (Wildman–Crippen MR) is 87.6 cm³/mol. The number of methoxy groups -OCH3 is 1.